The molecule has 18 heavy (non-hydrogen) atoms. The minimum atomic E-state index is -1.57. The minimum Gasteiger partial charge on any atom is -0.368 e. The lowest BCUT2D eigenvalue weighted by atomic mass is 9.86. The van der Waals surface area contributed by atoms with Gasteiger partial charge in [-0.05, 0) is 27.2 Å². The molecule has 0 aliphatic rings. The van der Waals surface area contributed by atoms with Crippen molar-refractivity contribution in [3.05, 3.63) is 0 Å². The first-order valence-electron chi connectivity index (χ1n) is 6.27. The topological polar surface area (TPSA) is 43.4 Å². The van der Waals surface area contributed by atoms with Crippen LogP contribution in [0.5, 0.6) is 0 Å². The third-order valence-electron chi connectivity index (χ3n) is 2.37. The Kier molecular flexibility index (Phi) is 6.14. The molecule has 0 bridgehead atoms. The summed E-state index contributed by atoms with van der Waals surface area (Å²) in [7, 11) is 0. The second kappa shape index (κ2) is 6.41. The second-order valence-electron chi connectivity index (χ2n) is 6.56. The Morgan fingerprint density at radius 1 is 1.11 bits per heavy atom. The van der Waals surface area contributed by atoms with Crippen molar-refractivity contribution in [2.75, 3.05) is 6.61 Å². The van der Waals surface area contributed by atoms with Crippen LogP contribution in [0.4, 0.5) is 4.39 Å². The quantitative estimate of drug-likeness (QED) is 0.737. The first-order valence-corrected chi connectivity index (χ1v) is 6.27. The molecule has 0 heterocycles. The van der Waals surface area contributed by atoms with Crippen LogP contribution in [0.25, 0.3) is 0 Å². The van der Waals surface area contributed by atoms with Crippen LogP contribution in [0.3, 0.4) is 0 Å². The molecule has 0 spiro atoms. The second-order valence-corrected chi connectivity index (χ2v) is 6.56. The van der Waals surface area contributed by atoms with Gasteiger partial charge in [-0.2, -0.15) is 0 Å². The van der Waals surface area contributed by atoms with Gasteiger partial charge in [0, 0.05) is 11.8 Å². The average molecular weight is 260 g/mol. The molecule has 3 nitrogen and oxygen atoms in total. The van der Waals surface area contributed by atoms with Crippen LogP contribution in [0, 0.1) is 5.41 Å². The summed E-state index contributed by atoms with van der Waals surface area (Å²) in [6, 6.07) is 0. The minimum absolute atomic E-state index is 0.0278. The summed E-state index contributed by atoms with van der Waals surface area (Å²) in [6.45, 7) is 10.5. The molecule has 1 atom stereocenters. The highest BCUT2D eigenvalue weighted by atomic mass is 19.1. The van der Waals surface area contributed by atoms with Crippen LogP contribution in [-0.4, -0.2) is 29.9 Å². The number of carbonyl (C=O) groups is 2. The maximum absolute atomic E-state index is 13.6. The van der Waals surface area contributed by atoms with E-state index >= 15 is 0 Å². The van der Waals surface area contributed by atoms with Crippen molar-refractivity contribution in [2.24, 2.45) is 5.41 Å². The molecule has 0 aliphatic carbocycles. The monoisotopic (exact) mass is 260 g/mol. The summed E-state index contributed by atoms with van der Waals surface area (Å²) in [5.74, 6) is -0.624. The number of ketones is 2. The van der Waals surface area contributed by atoms with Crippen molar-refractivity contribution in [3.8, 4) is 0 Å². The highest BCUT2D eigenvalue weighted by molar-refractivity contribution is 5.88. The van der Waals surface area contributed by atoms with E-state index in [0.717, 1.165) is 0 Å². The molecule has 0 unspecified atom stereocenters. The Morgan fingerprint density at radius 2 is 1.61 bits per heavy atom. The Labute approximate surface area is 109 Å². The lowest BCUT2D eigenvalue weighted by Crippen LogP contribution is -2.30. The van der Waals surface area contributed by atoms with Crippen LogP contribution < -0.4 is 0 Å². The van der Waals surface area contributed by atoms with Gasteiger partial charge in [-0.15, -0.1) is 0 Å². The van der Waals surface area contributed by atoms with Gasteiger partial charge in [-0.25, -0.2) is 4.39 Å². The summed E-state index contributed by atoms with van der Waals surface area (Å²) >= 11 is 0. The van der Waals surface area contributed by atoms with Crippen LogP contribution in [0.2, 0.25) is 0 Å². The summed E-state index contributed by atoms with van der Waals surface area (Å²) < 4.78 is 18.9. The van der Waals surface area contributed by atoms with Crippen molar-refractivity contribution in [1.82, 2.24) is 0 Å². The number of ether oxygens (including phenoxy) is 1. The van der Waals surface area contributed by atoms with Crippen molar-refractivity contribution < 1.29 is 18.7 Å². The van der Waals surface area contributed by atoms with Crippen LogP contribution >= 0.6 is 0 Å². The standard InChI is InChI=1S/C14H25FO3/c1-13(2,3)12(17)11(15)8-7-10(16)9-18-14(4,5)6/h11H,7-9H2,1-6H3/t11-/m0/s1. The number of carbonyl (C=O) groups excluding carboxylic acids is 2. The Morgan fingerprint density at radius 3 is 2.00 bits per heavy atom. The fourth-order valence-corrected chi connectivity index (χ4v) is 1.26. The molecule has 106 valence electrons. The Balaban J connectivity index is 4.04. The number of halogens is 1. The highest BCUT2D eigenvalue weighted by Crippen LogP contribution is 2.21. The molecule has 0 radical (unpaired) electrons. The lowest BCUT2D eigenvalue weighted by molar-refractivity contribution is -0.133. The number of Topliss-reactive ketones (excluding diaryl/α,β-unsaturated/α-hetero) is 2. The van der Waals surface area contributed by atoms with E-state index < -0.39 is 17.4 Å². The van der Waals surface area contributed by atoms with E-state index in [-0.39, 0.29) is 30.8 Å². The molecule has 0 amide bonds. The zero-order valence-corrected chi connectivity index (χ0v) is 12.3. The van der Waals surface area contributed by atoms with E-state index in [1.54, 1.807) is 20.8 Å². The van der Waals surface area contributed by atoms with E-state index in [0.29, 0.717) is 0 Å². The zero-order chi connectivity index (χ0) is 14.6. The van der Waals surface area contributed by atoms with Gasteiger partial charge in [0.2, 0.25) is 0 Å². The normalized spacial score (nSPS) is 14.4. The molecule has 0 N–H and O–H groups in total. The summed E-state index contributed by atoms with van der Waals surface area (Å²) in [4.78, 5) is 23.0. The van der Waals surface area contributed by atoms with E-state index in [9.17, 15) is 14.0 Å². The summed E-state index contributed by atoms with van der Waals surface area (Å²) in [5.41, 5.74) is -1.09. The first-order chi connectivity index (χ1) is 7.93. The largest absolute Gasteiger partial charge is 0.368 e. The fraction of sp³-hybridized carbons (Fsp3) is 0.857. The van der Waals surface area contributed by atoms with Gasteiger partial charge >= 0.3 is 0 Å². The predicted molar refractivity (Wildman–Crippen MR) is 69.3 cm³/mol. The molecule has 0 aromatic rings. The van der Waals surface area contributed by atoms with Crippen LogP contribution in [0.1, 0.15) is 54.4 Å². The van der Waals surface area contributed by atoms with Gasteiger partial charge < -0.3 is 4.74 Å². The van der Waals surface area contributed by atoms with Crippen LogP contribution in [0.15, 0.2) is 0 Å². The first kappa shape index (κ1) is 17.2. The molecule has 0 aromatic heterocycles. The Hall–Kier alpha value is -0.770. The summed E-state index contributed by atoms with van der Waals surface area (Å²) in [6.07, 6.45) is -1.58. The molecule has 0 saturated carbocycles. The lowest BCUT2D eigenvalue weighted by Gasteiger charge is -2.20. The van der Waals surface area contributed by atoms with E-state index in [2.05, 4.69) is 0 Å². The third kappa shape index (κ3) is 7.54. The average Bonchev–Trinajstić information content (AvgIpc) is 2.19. The number of rotatable bonds is 6. The fourth-order valence-electron chi connectivity index (χ4n) is 1.26. The molecule has 0 aromatic carbocycles. The molecule has 4 heteroatoms. The van der Waals surface area contributed by atoms with Crippen molar-refractivity contribution in [2.45, 2.75) is 66.2 Å². The molecular formula is C14H25FO3. The van der Waals surface area contributed by atoms with E-state index in [4.69, 9.17) is 4.74 Å². The van der Waals surface area contributed by atoms with Gasteiger partial charge in [0.25, 0.3) is 0 Å². The highest BCUT2D eigenvalue weighted by Gasteiger charge is 2.29. The smallest absolute Gasteiger partial charge is 0.172 e. The van der Waals surface area contributed by atoms with Gasteiger partial charge in [-0.3, -0.25) is 9.59 Å². The van der Waals surface area contributed by atoms with Crippen molar-refractivity contribution >= 4 is 11.6 Å². The third-order valence-corrected chi connectivity index (χ3v) is 2.37. The van der Waals surface area contributed by atoms with Gasteiger partial charge in [-0.1, -0.05) is 20.8 Å². The zero-order valence-electron chi connectivity index (χ0n) is 12.3. The number of hydrogen-bond donors (Lipinski definition) is 0. The summed E-state index contributed by atoms with van der Waals surface area (Å²) in [5, 5.41) is 0. The molecule has 0 aliphatic heterocycles. The van der Waals surface area contributed by atoms with E-state index in [1.165, 1.54) is 0 Å². The number of hydrogen-bond acceptors (Lipinski definition) is 3. The van der Waals surface area contributed by atoms with Crippen molar-refractivity contribution in [1.29, 1.82) is 0 Å². The maximum atomic E-state index is 13.6. The predicted octanol–water partition coefficient (Wildman–Crippen LogP) is 3.10. The van der Waals surface area contributed by atoms with Crippen molar-refractivity contribution in [3.63, 3.8) is 0 Å². The SMILES string of the molecule is CC(C)(C)OCC(=O)CC[C@H](F)C(=O)C(C)(C)C. The van der Waals surface area contributed by atoms with Gasteiger partial charge in [0.1, 0.15) is 6.61 Å². The molecule has 0 saturated heterocycles. The molecular weight excluding hydrogens is 235 g/mol. The van der Waals surface area contributed by atoms with Gasteiger partial charge in [0.15, 0.2) is 17.7 Å². The number of alkyl halides is 1. The molecule has 0 fully saturated rings. The molecule has 0 rings (SSSR count). The van der Waals surface area contributed by atoms with Crippen LogP contribution in [-0.2, 0) is 14.3 Å². The maximum Gasteiger partial charge on any atom is 0.172 e. The van der Waals surface area contributed by atoms with Gasteiger partial charge in [0.05, 0.1) is 5.60 Å². The van der Waals surface area contributed by atoms with E-state index in [1.807, 2.05) is 20.8 Å². The Bertz CT molecular complexity index is 297.